The highest BCUT2D eigenvalue weighted by molar-refractivity contribution is 5.88. The highest BCUT2D eigenvalue weighted by atomic mass is 16.5. The Morgan fingerprint density at radius 3 is 2.48 bits per heavy atom. The number of methoxy groups -OCH3 is 1. The molecular weight excluding hydrogens is 374 g/mol. The summed E-state index contributed by atoms with van der Waals surface area (Å²) in [4.78, 5) is 22.9. The molecule has 148 valence electrons. The molecule has 3 rings (SSSR count). The Morgan fingerprint density at radius 1 is 1.07 bits per heavy atom. The lowest BCUT2D eigenvalue weighted by atomic mass is 10.2. The van der Waals surface area contributed by atoms with E-state index in [1.165, 1.54) is 25.5 Å². The largest absolute Gasteiger partial charge is 0.493 e. The molecule has 0 radical (unpaired) electrons. The van der Waals surface area contributed by atoms with Crippen molar-refractivity contribution < 1.29 is 24.2 Å². The van der Waals surface area contributed by atoms with Crippen LogP contribution in [0.2, 0.25) is 0 Å². The highest BCUT2D eigenvalue weighted by Gasteiger charge is 2.07. The molecule has 8 nitrogen and oxygen atoms in total. The fraction of sp³-hybridized carbons (Fsp3) is 0.0952. The highest BCUT2D eigenvalue weighted by Crippen LogP contribution is 2.25. The van der Waals surface area contributed by atoms with E-state index in [9.17, 15) is 9.59 Å². The Balaban J connectivity index is 1.59. The molecule has 2 aromatic carbocycles. The van der Waals surface area contributed by atoms with Gasteiger partial charge < -0.3 is 19.1 Å². The number of hydrazone groups is 1. The summed E-state index contributed by atoms with van der Waals surface area (Å²) in [6.07, 6.45) is 3.30. The number of carboxylic acid groups (broad SMARTS) is 1. The molecule has 0 saturated carbocycles. The quantitative estimate of drug-likeness (QED) is 0.453. The number of ether oxygens (including phenoxy) is 2. The maximum atomic E-state index is 11.9. The van der Waals surface area contributed by atoms with Gasteiger partial charge in [-0.1, -0.05) is 12.1 Å². The number of aromatic carboxylic acids is 1. The first kappa shape index (κ1) is 19.7. The number of hydrogen-bond acceptors (Lipinski definition) is 5. The third kappa shape index (κ3) is 5.01. The lowest BCUT2D eigenvalue weighted by Gasteiger charge is -2.09. The molecule has 29 heavy (non-hydrogen) atoms. The van der Waals surface area contributed by atoms with E-state index >= 15 is 0 Å². The molecule has 3 aromatic rings. The number of benzene rings is 2. The van der Waals surface area contributed by atoms with Crippen LogP contribution in [0.5, 0.6) is 11.5 Å². The second-order valence-electron chi connectivity index (χ2n) is 5.89. The van der Waals surface area contributed by atoms with E-state index in [4.69, 9.17) is 14.6 Å². The van der Waals surface area contributed by atoms with Gasteiger partial charge in [-0.3, -0.25) is 4.79 Å². The van der Waals surface area contributed by atoms with Crippen LogP contribution in [-0.2, 0) is 4.79 Å². The number of carbonyl (C=O) groups excluding carboxylic acids is 1. The molecule has 0 aliphatic carbocycles. The Labute approximate surface area is 167 Å². The molecule has 0 aliphatic rings. The first-order valence-electron chi connectivity index (χ1n) is 8.67. The van der Waals surface area contributed by atoms with Crippen molar-refractivity contribution in [2.24, 2.45) is 5.10 Å². The summed E-state index contributed by atoms with van der Waals surface area (Å²) in [7, 11) is 1.52. The van der Waals surface area contributed by atoms with Crippen molar-refractivity contribution in [1.29, 1.82) is 0 Å². The second-order valence-corrected chi connectivity index (χ2v) is 5.89. The van der Waals surface area contributed by atoms with Crippen LogP contribution in [0, 0.1) is 0 Å². The van der Waals surface area contributed by atoms with Crippen molar-refractivity contribution in [2.45, 2.75) is 0 Å². The van der Waals surface area contributed by atoms with Crippen LogP contribution in [0.1, 0.15) is 16.1 Å². The molecule has 8 heteroatoms. The third-order valence-corrected chi connectivity index (χ3v) is 3.99. The number of para-hydroxylation sites is 2. The molecule has 0 saturated heterocycles. The van der Waals surface area contributed by atoms with Gasteiger partial charge in [0.2, 0.25) is 0 Å². The first-order valence-corrected chi connectivity index (χ1v) is 8.67. The fourth-order valence-electron chi connectivity index (χ4n) is 2.58. The zero-order valence-corrected chi connectivity index (χ0v) is 15.6. The Kier molecular flexibility index (Phi) is 6.26. The molecule has 1 heterocycles. The number of amides is 1. The van der Waals surface area contributed by atoms with Gasteiger partial charge in [-0.05, 0) is 48.5 Å². The van der Waals surface area contributed by atoms with E-state index in [0.717, 1.165) is 5.69 Å². The van der Waals surface area contributed by atoms with Crippen LogP contribution in [0.15, 0.2) is 72.0 Å². The normalized spacial score (nSPS) is 10.7. The zero-order valence-electron chi connectivity index (χ0n) is 15.6. The first-order chi connectivity index (χ1) is 14.1. The summed E-state index contributed by atoms with van der Waals surface area (Å²) < 4.78 is 12.4. The van der Waals surface area contributed by atoms with E-state index < -0.39 is 11.9 Å². The molecule has 0 fully saturated rings. The SMILES string of the molecule is COc1ccccc1OCC(=O)NN=Cc1cccn1-c1ccc(C(=O)O)cc1. The van der Waals surface area contributed by atoms with Gasteiger partial charge >= 0.3 is 5.97 Å². The molecule has 0 unspecified atom stereocenters. The predicted molar refractivity (Wildman–Crippen MR) is 107 cm³/mol. The molecule has 0 atom stereocenters. The maximum absolute atomic E-state index is 11.9. The topological polar surface area (TPSA) is 102 Å². The maximum Gasteiger partial charge on any atom is 0.335 e. The number of nitrogens with one attached hydrogen (secondary N) is 1. The van der Waals surface area contributed by atoms with Gasteiger partial charge in [0.1, 0.15) is 0 Å². The van der Waals surface area contributed by atoms with Crippen molar-refractivity contribution in [1.82, 2.24) is 9.99 Å². The van der Waals surface area contributed by atoms with Gasteiger partial charge in [-0.2, -0.15) is 5.10 Å². The molecular formula is C21H19N3O5. The van der Waals surface area contributed by atoms with E-state index in [1.807, 2.05) is 22.9 Å². The molecule has 1 aromatic heterocycles. The number of nitrogens with zero attached hydrogens (tertiary/aromatic N) is 2. The third-order valence-electron chi connectivity index (χ3n) is 3.99. The summed E-state index contributed by atoms with van der Waals surface area (Å²) in [5, 5.41) is 12.9. The predicted octanol–water partition coefficient (Wildman–Crippen LogP) is 2.71. The van der Waals surface area contributed by atoms with E-state index in [1.54, 1.807) is 36.4 Å². The molecule has 1 amide bonds. The smallest absolute Gasteiger partial charge is 0.335 e. The fourth-order valence-corrected chi connectivity index (χ4v) is 2.58. The molecule has 0 spiro atoms. The van der Waals surface area contributed by atoms with Gasteiger partial charge in [0.15, 0.2) is 18.1 Å². The van der Waals surface area contributed by atoms with Crippen LogP contribution in [0.25, 0.3) is 5.69 Å². The Morgan fingerprint density at radius 2 is 1.79 bits per heavy atom. The summed E-state index contributed by atoms with van der Waals surface area (Å²) >= 11 is 0. The van der Waals surface area contributed by atoms with Crippen molar-refractivity contribution in [3.63, 3.8) is 0 Å². The van der Waals surface area contributed by atoms with Crippen LogP contribution < -0.4 is 14.9 Å². The zero-order chi connectivity index (χ0) is 20.6. The number of carbonyl (C=O) groups is 2. The Hall–Kier alpha value is -4.07. The Bertz CT molecular complexity index is 1020. The van der Waals surface area contributed by atoms with Gasteiger partial charge in [0.05, 0.1) is 24.6 Å². The average Bonchev–Trinajstić information content (AvgIpc) is 3.21. The van der Waals surface area contributed by atoms with Gasteiger partial charge in [0.25, 0.3) is 5.91 Å². The summed E-state index contributed by atoms with van der Waals surface area (Å²) in [6.45, 7) is -0.213. The lowest BCUT2D eigenvalue weighted by molar-refractivity contribution is -0.123. The summed E-state index contributed by atoms with van der Waals surface area (Å²) in [6, 6.07) is 17.1. The van der Waals surface area contributed by atoms with Crippen molar-refractivity contribution >= 4 is 18.1 Å². The number of aromatic nitrogens is 1. The van der Waals surface area contributed by atoms with E-state index in [-0.39, 0.29) is 12.2 Å². The minimum Gasteiger partial charge on any atom is -0.493 e. The standard InChI is InChI=1S/C21H19N3O5/c1-28-18-6-2-3-7-19(18)29-14-20(25)23-22-13-17-5-4-12-24(17)16-10-8-15(9-11-16)21(26)27/h2-13H,14H2,1H3,(H,23,25)(H,26,27). The average molecular weight is 393 g/mol. The van der Waals surface area contributed by atoms with Gasteiger partial charge in [-0.25, -0.2) is 10.2 Å². The number of rotatable bonds is 8. The molecule has 0 aliphatic heterocycles. The minimum atomic E-state index is -0.983. The van der Waals surface area contributed by atoms with E-state index in [0.29, 0.717) is 17.2 Å². The van der Waals surface area contributed by atoms with Crippen molar-refractivity contribution in [2.75, 3.05) is 13.7 Å². The minimum absolute atomic E-state index is 0.207. The number of carboxylic acids is 1. The van der Waals surface area contributed by atoms with Crippen LogP contribution >= 0.6 is 0 Å². The molecule has 0 bridgehead atoms. The van der Waals surface area contributed by atoms with Gasteiger partial charge in [0, 0.05) is 11.9 Å². The lowest BCUT2D eigenvalue weighted by Crippen LogP contribution is -2.24. The monoisotopic (exact) mass is 393 g/mol. The van der Waals surface area contributed by atoms with Gasteiger partial charge in [-0.15, -0.1) is 0 Å². The van der Waals surface area contributed by atoms with E-state index in [2.05, 4.69) is 10.5 Å². The van der Waals surface area contributed by atoms with Crippen LogP contribution in [0.4, 0.5) is 0 Å². The van der Waals surface area contributed by atoms with Crippen molar-refractivity contribution in [3.8, 4) is 17.2 Å². The molecule has 2 N–H and O–H groups in total. The van der Waals surface area contributed by atoms with Crippen molar-refractivity contribution in [3.05, 3.63) is 78.1 Å². The second kappa shape index (κ2) is 9.23. The van der Waals surface area contributed by atoms with Crippen LogP contribution in [0.3, 0.4) is 0 Å². The van der Waals surface area contributed by atoms with Crippen LogP contribution in [-0.4, -0.2) is 41.5 Å². The summed E-state index contributed by atoms with van der Waals surface area (Å²) in [5.74, 6) is -0.400. The summed E-state index contributed by atoms with van der Waals surface area (Å²) in [5.41, 5.74) is 4.09. The number of hydrogen-bond donors (Lipinski definition) is 2.